The van der Waals surface area contributed by atoms with Crippen molar-refractivity contribution in [1.82, 2.24) is 15.3 Å². The number of nitrogens with zero attached hydrogens (tertiary/aromatic N) is 3. The van der Waals surface area contributed by atoms with E-state index in [1.807, 2.05) is 18.2 Å². The maximum absolute atomic E-state index is 12.3. The largest absolute Gasteiger partial charge is 0.465 e. The van der Waals surface area contributed by atoms with E-state index in [-0.39, 0.29) is 42.3 Å². The predicted molar refractivity (Wildman–Crippen MR) is 117 cm³/mol. The third-order valence-electron chi connectivity index (χ3n) is 6.01. The Morgan fingerprint density at radius 1 is 1.34 bits per heavy atom. The van der Waals surface area contributed by atoms with E-state index < -0.39 is 6.09 Å². The zero-order valence-corrected chi connectivity index (χ0v) is 18.0. The highest BCUT2D eigenvalue weighted by Crippen LogP contribution is 2.37. The number of ether oxygens (including phenoxy) is 2. The Balaban J connectivity index is 1.12. The number of fused-ring (bicyclic) bond motifs is 2. The molecule has 32 heavy (non-hydrogen) atoms. The van der Waals surface area contributed by atoms with Gasteiger partial charge in [-0.1, -0.05) is 23.7 Å². The standard InChI is InChI=1S/C21H23ClN6O4/c22-15-3-1-2-13-14(15)6-11(18(13)23)7-24-5-4-12-9-28(21(30)32-12)16-8-25-20-19(26-16)27-17(29)10-31-20/h1-3,8,11-12,18,24H,4-7,9-10,23H2,(H,26,27,29)/t11-,12-,18-/m1/s1. The van der Waals surface area contributed by atoms with E-state index in [9.17, 15) is 9.59 Å². The van der Waals surface area contributed by atoms with Crippen LogP contribution in [-0.2, 0) is 16.0 Å². The van der Waals surface area contributed by atoms with Crippen molar-refractivity contribution in [2.24, 2.45) is 11.7 Å². The summed E-state index contributed by atoms with van der Waals surface area (Å²) in [5.41, 5.74) is 8.66. The molecule has 1 aromatic heterocycles. The van der Waals surface area contributed by atoms with E-state index in [0.29, 0.717) is 25.3 Å². The molecule has 11 heteroatoms. The molecule has 1 aliphatic carbocycles. The van der Waals surface area contributed by atoms with Crippen LogP contribution in [0.1, 0.15) is 23.6 Å². The second-order valence-corrected chi connectivity index (χ2v) is 8.53. The molecule has 0 bridgehead atoms. The molecule has 2 aliphatic heterocycles. The Bertz CT molecular complexity index is 1070. The summed E-state index contributed by atoms with van der Waals surface area (Å²) in [6, 6.07) is 5.84. The average Bonchev–Trinajstić information content (AvgIpc) is 3.31. The van der Waals surface area contributed by atoms with Gasteiger partial charge in [0, 0.05) is 17.6 Å². The van der Waals surface area contributed by atoms with E-state index in [1.165, 1.54) is 11.1 Å². The van der Waals surface area contributed by atoms with E-state index in [1.54, 1.807) is 0 Å². The fourth-order valence-electron chi connectivity index (χ4n) is 4.34. The minimum Gasteiger partial charge on any atom is -0.465 e. The third-order valence-corrected chi connectivity index (χ3v) is 6.37. The Hall–Kier alpha value is -2.95. The molecule has 1 saturated heterocycles. The van der Waals surface area contributed by atoms with Crippen LogP contribution in [0.5, 0.6) is 5.88 Å². The summed E-state index contributed by atoms with van der Waals surface area (Å²) >= 11 is 6.31. The van der Waals surface area contributed by atoms with Gasteiger partial charge in [-0.25, -0.2) is 14.8 Å². The molecule has 0 spiro atoms. The number of nitrogens with one attached hydrogen (secondary N) is 2. The van der Waals surface area contributed by atoms with Gasteiger partial charge in [0.15, 0.2) is 18.2 Å². The van der Waals surface area contributed by atoms with Crippen LogP contribution in [0.3, 0.4) is 0 Å². The zero-order valence-electron chi connectivity index (χ0n) is 17.2. The molecule has 5 rings (SSSR count). The van der Waals surface area contributed by atoms with Gasteiger partial charge in [-0.3, -0.25) is 9.69 Å². The van der Waals surface area contributed by atoms with Crippen molar-refractivity contribution in [3.05, 3.63) is 40.5 Å². The quantitative estimate of drug-likeness (QED) is 0.556. The average molecular weight is 459 g/mol. The number of benzene rings is 1. The summed E-state index contributed by atoms with van der Waals surface area (Å²) in [6.45, 7) is 1.69. The van der Waals surface area contributed by atoms with Crippen molar-refractivity contribution in [2.45, 2.75) is 25.0 Å². The number of rotatable bonds is 6. The van der Waals surface area contributed by atoms with Crippen molar-refractivity contribution in [1.29, 1.82) is 0 Å². The summed E-state index contributed by atoms with van der Waals surface area (Å²) < 4.78 is 10.7. The summed E-state index contributed by atoms with van der Waals surface area (Å²) in [5, 5.41) is 6.79. The second kappa shape index (κ2) is 8.53. The van der Waals surface area contributed by atoms with Crippen LogP contribution in [-0.4, -0.2) is 54.3 Å². The molecule has 168 valence electrons. The first-order valence-corrected chi connectivity index (χ1v) is 10.9. The van der Waals surface area contributed by atoms with Gasteiger partial charge in [0.25, 0.3) is 11.8 Å². The Kier molecular flexibility index (Phi) is 5.58. The molecule has 0 radical (unpaired) electrons. The van der Waals surface area contributed by atoms with Gasteiger partial charge >= 0.3 is 6.09 Å². The Labute approximate surface area is 189 Å². The van der Waals surface area contributed by atoms with Crippen molar-refractivity contribution < 1.29 is 19.1 Å². The molecule has 1 aromatic carbocycles. The number of amides is 2. The molecule has 0 unspecified atom stereocenters. The summed E-state index contributed by atoms with van der Waals surface area (Å²) in [4.78, 5) is 33.6. The summed E-state index contributed by atoms with van der Waals surface area (Å²) in [5.74, 6) is 0.697. The van der Waals surface area contributed by atoms with Crippen LogP contribution in [0.15, 0.2) is 24.4 Å². The first kappa shape index (κ1) is 20.9. The Morgan fingerprint density at radius 2 is 2.22 bits per heavy atom. The maximum atomic E-state index is 12.3. The van der Waals surface area contributed by atoms with Gasteiger partial charge in [0.05, 0.1) is 12.7 Å². The highest BCUT2D eigenvalue weighted by Gasteiger charge is 2.35. The molecule has 3 heterocycles. The number of nitrogens with two attached hydrogens (primary N) is 1. The van der Waals surface area contributed by atoms with Crippen molar-refractivity contribution in [2.75, 3.05) is 36.5 Å². The van der Waals surface area contributed by atoms with Gasteiger partial charge in [0.1, 0.15) is 6.10 Å². The number of hydrogen-bond donors (Lipinski definition) is 3. The molecular weight excluding hydrogens is 436 g/mol. The number of aromatic nitrogens is 2. The van der Waals surface area contributed by atoms with Crippen LogP contribution in [0.4, 0.5) is 16.4 Å². The highest BCUT2D eigenvalue weighted by atomic mass is 35.5. The monoisotopic (exact) mass is 458 g/mol. The van der Waals surface area contributed by atoms with Crippen LogP contribution >= 0.6 is 11.6 Å². The zero-order chi connectivity index (χ0) is 22.2. The number of anilines is 2. The molecule has 3 aliphatic rings. The van der Waals surface area contributed by atoms with Gasteiger partial charge in [-0.15, -0.1) is 0 Å². The minimum atomic E-state index is -0.491. The van der Waals surface area contributed by atoms with E-state index >= 15 is 0 Å². The topological polar surface area (TPSA) is 132 Å². The SMILES string of the molecule is N[C@H]1c2cccc(Cl)c2C[C@@H]1CNCC[C@@H]1CN(c2cnc3c(n2)NC(=O)CO3)C(=O)O1. The molecule has 2 amide bonds. The molecule has 10 nitrogen and oxygen atoms in total. The van der Waals surface area contributed by atoms with Crippen LogP contribution < -0.4 is 26.0 Å². The lowest BCUT2D eigenvalue weighted by Gasteiger charge is -2.18. The molecule has 1 fully saturated rings. The fraction of sp³-hybridized carbons (Fsp3) is 0.429. The van der Waals surface area contributed by atoms with Crippen LogP contribution in [0, 0.1) is 5.92 Å². The van der Waals surface area contributed by atoms with E-state index in [4.69, 9.17) is 26.8 Å². The normalized spacial score (nSPS) is 23.9. The number of cyclic esters (lactones) is 1. The summed E-state index contributed by atoms with van der Waals surface area (Å²) in [7, 11) is 0. The van der Waals surface area contributed by atoms with E-state index in [2.05, 4.69) is 20.6 Å². The molecule has 3 atom stereocenters. The lowest BCUT2D eigenvalue weighted by molar-refractivity contribution is -0.118. The van der Waals surface area contributed by atoms with Crippen molar-refractivity contribution >= 4 is 35.2 Å². The number of carbonyl (C=O) groups excluding carboxylic acids is 2. The van der Waals surface area contributed by atoms with Gasteiger partial charge in [-0.2, -0.15) is 0 Å². The summed E-state index contributed by atoms with van der Waals surface area (Å²) in [6.07, 6.45) is 2.17. The lowest BCUT2D eigenvalue weighted by Crippen LogP contribution is -2.32. The van der Waals surface area contributed by atoms with Crippen molar-refractivity contribution in [3.8, 4) is 5.88 Å². The molecule has 0 saturated carbocycles. The lowest BCUT2D eigenvalue weighted by atomic mass is 10.0. The minimum absolute atomic E-state index is 0.0388. The molecule has 2 aromatic rings. The van der Waals surface area contributed by atoms with Crippen molar-refractivity contribution in [3.63, 3.8) is 0 Å². The Morgan fingerprint density at radius 3 is 3.06 bits per heavy atom. The van der Waals surface area contributed by atoms with E-state index in [0.717, 1.165) is 29.1 Å². The van der Waals surface area contributed by atoms with Gasteiger partial charge in [0.2, 0.25) is 0 Å². The maximum Gasteiger partial charge on any atom is 0.415 e. The van der Waals surface area contributed by atoms with Gasteiger partial charge < -0.3 is 25.8 Å². The second-order valence-electron chi connectivity index (χ2n) is 8.13. The van der Waals surface area contributed by atoms with Crippen LogP contribution in [0.2, 0.25) is 5.02 Å². The first-order chi connectivity index (χ1) is 15.5. The predicted octanol–water partition coefficient (Wildman–Crippen LogP) is 1.64. The van der Waals surface area contributed by atoms with Crippen LogP contribution in [0.25, 0.3) is 0 Å². The third kappa shape index (κ3) is 3.96. The smallest absolute Gasteiger partial charge is 0.415 e. The number of carbonyl (C=O) groups is 2. The number of halogens is 1. The highest BCUT2D eigenvalue weighted by molar-refractivity contribution is 6.31. The van der Waals surface area contributed by atoms with Gasteiger partial charge in [-0.05, 0) is 42.5 Å². The first-order valence-electron chi connectivity index (χ1n) is 10.5. The fourth-order valence-corrected chi connectivity index (χ4v) is 4.60. The number of hydrogen-bond acceptors (Lipinski definition) is 8. The molecule has 4 N–H and O–H groups in total. The molecular formula is C21H23ClN6O4.